The molecule has 0 amide bonds. The van der Waals surface area contributed by atoms with Gasteiger partial charge in [0, 0.05) is 18.0 Å². The molecule has 0 spiro atoms. The predicted molar refractivity (Wildman–Crippen MR) is 113 cm³/mol. The fraction of sp³-hybridized carbons (Fsp3) is 0.583. The summed E-state index contributed by atoms with van der Waals surface area (Å²) in [6, 6.07) is 8.67. The zero-order valence-corrected chi connectivity index (χ0v) is 17.1. The molecular weight excluding hydrogens is 335 g/mol. The minimum absolute atomic E-state index is 0.643. The SMILES string of the molecule is CCCCCCCCc1ccc(-c2ncc(CCCCC(C)F)cn2)cc1. The lowest BCUT2D eigenvalue weighted by Gasteiger charge is -2.06. The monoisotopic (exact) mass is 370 g/mol. The third kappa shape index (κ3) is 8.64. The van der Waals surface area contributed by atoms with E-state index < -0.39 is 6.17 Å². The van der Waals surface area contributed by atoms with Crippen molar-refractivity contribution in [3.8, 4) is 11.4 Å². The number of unbranched alkanes of at least 4 members (excludes halogenated alkanes) is 6. The highest BCUT2D eigenvalue weighted by molar-refractivity contribution is 5.55. The summed E-state index contributed by atoms with van der Waals surface area (Å²) in [5.41, 5.74) is 3.59. The standard InChI is InChI=1S/C24H35FN2/c1-3-4-5-6-7-8-12-21-14-16-23(17-15-21)24-26-18-22(19-27-24)13-10-9-11-20(2)25/h14-20H,3-13H2,1-2H3. The van der Waals surface area contributed by atoms with Crippen LogP contribution in [-0.4, -0.2) is 16.1 Å². The smallest absolute Gasteiger partial charge is 0.159 e. The Bertz CT molecular complexity index is 620. The average Bonchev–Trinajstić information content (AvgIpc) is 2.69. The van der Waals surface area contributed by atoms with E-state index in [-0.39, 0.29) is 0 Å². The van der Waals surface area contributed by atoms with Crippen LogP contribution < -0.4 is 0 Å². The maximum Gasteiger partial charge on any atom is 0.159 e. The summed E-state index contributed by atoms with van der Waals surface area (Å²) in [5, 5.41) is 0. The molecule has 0 saturated carbocycles. The van der Waals surface area contributed by atoms with E-state index in [1.54, 1.807) is 6.92 Å². The van der Waals surface area contributed by atoms with Gasteiger partial charge in [-0.15, -0.1) is 0 Å². The lowest BCUT2D eigenvalue weighted by Crippen LogP contribution is -1.96. The van der Waals surface area contributed by atoms with Crippen molar-refractivity contribution in [2.24, 2.45) is 0 Å². The van der Waals surface area contributed by atoms with Crippen LogP contribution in [0.5, 0.6) is 0 Å². The van der Waals surface area contributed by atoms with E-state index in [1.807, 2.05) is 12.4 Å². The second-order valence-electron chi connectivity index (χ2n) is 7.66. The number of hydrogen-bond acceptors (Lipinski definition) is 2. The first kappa shape index (κ1) is 21.5. The van der Waals surface area contributed by atoms with E-state index in [0.29, 0.717) is 6.42 Å². The number of nitrogens with zero attached hydrogens (tertiary/aromatic N) is 2. The fourth-order valence-corrected chi connectivity index (χ4v) is 3.32. The van der Waals surface area contributed by atoms with Crippen LogP contribution in [0.2, 0.25) is 0 Å². The number of aromatic nitrogens is 2. The lowest BCUT2D eigenvalue weighted by molar-refractivity contribution is 0.331. The zero-order chi connectivity index (χ0) is 19.3. The highest BCUT2D eigenvalue weighted by Gasteiger charge is 2.03. The molecule has 148 valence electrons. The Labute approximate surface area is 164 Å². The molecule has 1 heterocycles. The largest absolute Gasteiger partial charge is 0.248 e. The van der Waals surface area contributed by atoms with Crippen molar-refractivity contribution in [1.82, 2.24) is 9.97 Å². The van der Waals surface area contributed by atoms with Crippen molar-refractivity contribution in [3.63, 3.8) is 0 Å². The number of alkyl halides is 1. The molecule has 0 radical (unpaired) electrons. The van der Waals surface area contributed by atoms with Crippen molar-refractivity contribution in [1.29, 1.82) is 0 Å². The molecule has 1 aromatic heterocycles. The molecule has 3 heteroatoms. The van der Waals surface area contributed by atoms with Crippen molar-refractivity contribution >= 4 is 0 Å². The normalized spacial score (nSPS) is 12.3. The molecule has 1 aromatic carbocycles. The maximum absolute atomic E-state index is 12.8. The predicted octanol–water partition coefficient (Wildman–Crippen LogP) is 7.12. The van der Waals surface area contributed by atoms with Gasteiger partial charge in [0.25, 0.3) is 0 Å². The third-order valence-electron chi connectivity index (χ3n) is 5.05. The van der Waals surface area contributed by atoms with E-state index >= 15 is 0 Å². The Morgan fingerprint density at radius 3 is 2.04 bits per heavy atom. The second kappa shape index (κ2) is 12.6. The Kier molecular flexibility index (Phi) is 10.0. The Morgan fingerprint density at radius 1 is 0.778 bits per heavy atom. The maximum atomic E-state index is 12.8. The van der Waals surface area contributed by atoms with E-state index in [9.17, 15) is 4.39 Å². The third-order valence-corrected chi connectivity index (χ3v) is 5.05. The summed E-state index contributed by atoms with van der Waals surface area (Å²) in [4.78, 5) is 9.02. The molecule has 2 nitrogen and oxygen atoms in total. The minimum Gasteiger partial charge on any atom is -0.248 e. The molecule has 0 N–H and O–H groups in total. The van der Waals surface area contributed by atoms with Crippen LogP contribution in [-0.2, 0) is 12.8 Å². The molecule has 0 aliphatic carbocycles. The summed E-state index contributed by atoms with van der Waals surface area (Å²) in [6.45, 7) is 3.88. The lowest BCUT2D eigenvalue weighted by atomic mass is 10.0. The molecule has 2 rings (SSSR count). The van der Waals surface area contributed by atoms with Gasteiger partial charge >= 0.3 is 0 Å². The average molecular weight is 371 g/mol. The van der Waals surface area contributed by atoms with Gasteiger partial charge in [0.15, 0.2) is 5.82 Å². The molecule has 1 unspecified atom stereocenters. The second-order valence-corrected chi connectivity index (χ2v) is 7.66. The van der Waals surface area contributed by atoms with Gasteiger partial charge in [-0.3, -0.25) is 0 Å². The minimum atomic E-state index is -0.701. The van der Waals surface area contributed by atoms with Gasteiger partial charge in [0.1, 0.15) is 0 Å². The first-order valence-corrected chi connectivity index (χ1v) is 10.7. The van der Waals surface area contributed by atoms with Crippen LogP contribution in [0.3, 0.4) is 0 Å². The van der Waals surface area contributed by atoms with Gasteiger partial charge in [-0.05, 0) is 50.2 Å². The van der Waals surface area contributed by atoms with Crippen molar-refractivity contribution < 1.29 is 4.39 Å². The van der Waals surface area contributed by atoms with Gasteiger partial charge < -0.3 is 0 Å². The number of rotatable bonds is 13. The van der Waals surface area contributed by atoms with E-state index in [0.717, 1.165) is 42.6 Å². The molecule has 0 aliphatic heterocycles. The number of benzene rings is 1. The van der Waals surface area contributed by atoms with E-state index in [1.165, 1.54) is 44.1 Å². The molecule has 0 saturated heterocycles. The summed E-state index contributed by atoms with van der Waals surface area (Å²) >= 11 is 0. The molecule has 0 fully saturated rings. The molecule has 1 atom stereocenters. The van der Waals surface area contributed by atoms with Crippen LogP contribution in [0.1, 0.15) is 82.8 Å². The number of hydrogen-bond donors (Lipinski definition) is 0. The Balaban J connectivity index is 1.75. The van der Waals surface area contributed by atoms with Gasteiger partial charge in [-0.25, -0.2) is 14.4 Å². The fourth-order valence-electron chi connectivity index (χ4n) is 3.32. The van der Waals surface area contributed by atoms with Gasteiger partial charge in [0.2, 0.25) is 0 Å². The summed E-state index contributed by atoms with van der Waals surface area (Å²) in [7, 11) is 0. The summed E-state index contributed by atoms with van der Waals surface area (Å²) in [6.07, 6.45) is 15.8. The number of halogens is 1. The molecule has 2 aromatic rings. The summed E-state index contributed by atoms with van der Waals surface area (Å²) < 4.78 is 12.8. The van der Waals surface area contributed by atoms with Crippen molar-refractivity contribution in [2.45, 2.75) is 90.6 Å². The van der Waals surface area contributed by atoms with Gasteiger partial charge in [-0.2, -0.15) is 0 Å². The molecule has 27 heavy (non-hydrogen) atoms. The van der Waals surface area contributed by atoms with Crippen LogP contribution in [0.25, 0.3) is 11.4 Å². The summed E-state index contributed by atoms with van der Waals surface area (Å²) in [5.74, 6) is 0.780. The van der Waals surface area contributed by atoms with Crippen molar-refractivity contribution in [2.75, 3.05) is 0 Å². The van der Waals surface area contributed by atoms with E-state index in [2.05, 4.69) is 41.2 Å². The first-order valence-electron chi connectivity index (χ1n) is 10.7. The van der Waals surface area contributed by atoms with Crippen LogP contribution in [0, 0.1) is 0 Å². The van der Waals surface area contributed by atoms with Gasteiger partial charge in [-0.1, -0.05) is 69.7 Å². The highest BCUT2D eigenvalue weighted by atomic mass is 19.1. The topological polar surface area (TPSA) is 25.8 Å². The van der Waals surface area contributed by atoms with Crippen LogP contribution in [0.4, 0.5) is 4.39 Å². The quantitative estimate of drug-likeness (QED) is 0.351. The number of aryl methyl sites for hydroxylation is 2. The van der Waals surface area contributed by atoms with Crippen molar-refractivity contribution in [3.05, 3.63) is 47.8 Å². The van der Waals surface area contributed by atoms with Crippen LogP contribution in [0.15, 0.2) is 36.7 Å². The highest BCUT2D eigenvalue weighted by Crippen LogP contribution is 2.18. The van der Waals surface area contributed by atoms with Gasteiger partial charge in [0.05, 0.1) is 6.17 Å². The Hall–Kier alpha value is -1.77. The zero-order valence-electron chi connectivity index (χ0n) is 17.1. The van der Waals surface area contributed by atoms with E-state index in [4.69, 9.17) is 0 Å². The Morgan fingerprint density at radius 2 is 1.37 bits per heavy atom. The molecular formula is C24H35FN2. The van der Waals surface area contributed by atoms with Crippen LogP contribution >= 0.6 is 0 Å². The molecule has 0 aliphatic rings. The molecule has 0 bridgehead atoms. The first-order chi connectivity index (χ1) is 13.2.